The summed E-state index contributed by atoms with van der Waals surface area (Å²) in [6.07, 6.45) is 9.39. The quantitative estimate of drug-likeness (QED) is 0.477. The van der Waals surface area contributed by atoms with E-state index in [9.17, 15) is 0 Å². The van der Waals surface area contributed by atoms with Gasteiger partial charge in [0.25, 0.3) is 0 Å². The van der Waals surface area contributed by atoms with Gasteiger partial charge in [0.05, 0.1) is 13.1 Å². The van der Waals surface area contributed by atoms with Gasteiger partial charge >= 0.3 is 0 Å². The van der Waals surface area contributed by atoms with Gasteiger partial charge in [-0.1, -0.05) is 6.42 Å². The molecule has 2 aliphatic rings. The van der Waals surface area contributed by atoms with E-state index in [1.54, 1.807) is 0 Å². The van der Waals surface area contributed by atoms with Crippen molar-refractivity contribution in [2.24, 2.45) is 10.4 Å². The summed E-state index contributed by atoms with van der Waals surface area (Å²) in [6, 6.07) is 1.95. The lowest BCUT2D eigenvalue weighted by molar-refractivity contribution is 0.151. The van der Waals surface area contributed by atoms with Crippen LogP contribution >= 0.6 is 24.0 Å². The topological polar surface area (TPSA) is 45.5 Å². The molecular formula is C15H26IN5. The van der Waals surface area contributed by atoms with Crippen LogP contribution in [0.3, 0.4) is 0 Å². The van der Waals surface area contributed by atoms with Crippen molar-refractivity contribution >= 4 is 29.9 Å². The maximum Gasteiger partial charge on any atom is 0.193 e. The highest BCUT2D eigenvalue weighted by Gasteiger charge is 2.43. The van der Waals surface area contributed by atoms with E-state index in [2.05, 4.69) is 22.2 Å². The van der Waals surface area contributed by atoms with Gasteiger partial charge in [-0.15, -0.1) is 24.0 Å². The van der Waals surface area contributed by atoms with Crippen molar-refractivity contribution in [2.75, 3.05) is 26.2 Å². The third kappa shape index (κ3) is 3.90. The fourth-order valence-corrected chi connectivity index (χ4v) is 3.32. The van der Waals surface area contributed by atoms with Crippen LogP contribution in [0.25, 0.3) is 0 Å². The Hall–Kier alpha value is -0.790. The molecule has 6 heteroatoms. The normalized spacial score (nSPS) is 20.2. The number of nitrogens with zero attached hydrogens (tertiary/aromatic N) is 4. The predicted octanol–water partition coefficient (Wildman–Crippen LogP) is 2.34. The molecule has 2 fully saturated rings. The smallest absolute Gasteiger partial charge is 0.193 e. The SMILES string of the molecule is CCNC(=NCCn1cccn1)N1CCC2(CCC2)C1.I. The molecule has 0 aromatic carbocycles. The molecule has 21 heavy (non-hydrogen) atoms. The molecule has 1 N–H and O–H groups in total. The molecule has 5 nitrogen and oxygen atoms in total. The lowest BCUT2D eigenvalue weighted by Gasteiger charge is -2.38. The number of aliphatic imine (C=N–C) groups is 1. The van der Waals surface area contributed by atoms with Crippen LogP contribution in [0.2, 0.25) is 0 Å². The molecule has 1 aromatic heterocycles. The van der Waals surface area contributed by atoms with Gasteiger partial charge in [-0.2, -0.15) is 5.10 Å². The van der Waals surface area contributed by atoms with E-state index in [1.165, 1.54) is 32.2 Å². The van der Waals surface area contributed by atoms with Gasteiger partial charge < -0.3 is 10.2 Å². The second-order valence-corrected chi connectivity index (χ2v) is 6.03. The molecule has 0 bridgehead atoms. The zero-order chi connectivity index (χ0) is 13.8. The van der Waals surface area contributed by atoms with Gasteiger partial charge in [0, 0.05) is 32.0 Å². The molecule has 1 aromatic rings. The average molecular weight is 403 g/mol. The highest BCUT2D eigenvalue weighted by Crippen LogP contribution is 2.47. The number of likely N-dealkylation sites (tertiary alicyclic amines) is 1. The zero-order valence-corrected chi connectivity index (χ0v) is 15.1. The lowest BCUT2D eigenvalue weighted by Crippen LogP contribution is -2.42. The highest BCUT2D eigenvalue weighted by molar-refractivity contribution is 14.0. The predicted molar refractivity (Wildman–Crippen MR) is 96.1 cm³/mol. The summed E-state index contributed by atoms with van der Waals surface area (Å²) < 4.78 is 1.93. The molecular weight excluding hydrogens is 377 g/mol. The van der Waals surface area contributed by atoms with E-state index < -0.39 is 0 Å². The summed E-state index contributed by atoms with van der Waals surface area (Å²) in [6.45, 7) is 7.06. The Morgan fingerprint density at radius 2 is 2.24 bits per heavy atom. The second-order valence-electron chi connectivity index (χ2n) is 6.03. The molecule has 1 spiro atoms. The van der Waals surface area contributed by atoms with Crippen LogP contribution in [0.15, 0.2) is 23.5 Å². The van der Waals surface area contributed by atoms with Crippen LogP contribution in [0.1, 0.15) is 32.6 Å². The number of halogens is 1. The molecule has 1 aliphatic carbocycles. The molecule has 1 aliphatic heterocycles. The minimum atomic E-state index is 0. The number of guanidine groups is 1. The van der Waals surface area contributed by atoms with E-state index in [0.29, 0.717) is 5.41 Å². The monoisotopic (exact) mass is 403 g/mol. The Kier molecular flexibility index (Phi) is 5.89. The van der Waals surface area contributed by atoms with Crippen molar-refractivity contribution in [3.63, 3.8) is 0 Å². The fourth-order valence-electron chi connectivity index (χ4n) is 3.32. The minimum Gasteiger partial charge on any atom is -0.357 e. The van der Waals surface area contributed by atoms with Crippen molar-refractivity contribution in [1.29, 1.82) is 0 Å². The summed E-state index contributed by atoms with van der Waals surface area (Å²) in [7, 11) is 0. The van der Waals surface area contributed by atoms with Crippen molar-refractivity contribution in [3.05, 3.63) is 18.5 Å². The van der Waals surface area contributed by atoms with Crippen LogP contribution in [0.5, 0.6) is 0 Å². The first-order valence-electron chi connectivity index (χ1n) is 7.82. The Morgan fingerprint density at radius 1 is 1.38 bits per heavy atom. The molecule has 1 saturated heterocycles. The maximum atomic E-state index is 4.76. The van der Waals surface area contributed by atoms with E-state index >= 15 is 0 Å². The number of hydrogen-bond acceptors (Lipinski definition) is 2. The first-order valence-corrected chi connectivity index (χ1v) is 7.82. The zero-order valence-electron chi connectivity index (χ0n) is 12.8. The summed E-state index contributed by atoms with van der Waals surface area (Å²) in [4.78, 5) is 7.22. The second kappa shape index (κ2) is 7.47. The molecule has 1 saturated carbocycles. The van der Waals surface area contributed by atoms with Crippen molar-refractivity contribution in [2.45, 2.75) is 39.2 Å². The number of hydrogen-bond donors (Lipinski definition) is 1. The number of aromatic nitrogens is 2. The van der Waals surface area contributed by atoms with Crippen molar-refractivity contribution in [1.82, 2.24) is 20.0 Å². The van der Waals surface area contributed by atoms with Gasteiger partial charge in [0.15, 0.2) is 5.96 Å². The average Bonchev–Trinajstić information content (AvgIpc) is 3.06. The minimum absolute atomic E-state index is 0. The molecule has 2 heterocycles. The summed E-state index contributed by atoms with van der Waals surface area (Å²) in [5.74, 6) is 1.09. The fraction of sp³-hybridized carbons (Fsp3) is 0.733. The van der Waals surface area contributed by atoms with Crippen molar-refractivity contribution < 1.29 is 0 Å². The van der Waals surface area contributed by atoms with E-state index in [1.807, 2.05) is 23.1 Å². The molecule has 118 valence electrons. The Morgan fingerprint density at radius 3 is 2.81 bits per heavy atom. The molecule has 0 amide bonds. The van der Waals surface area contributed by atoms with E-state index in [4.69, 9.17) is 4.99 Å². The van der Waals surface area contributed by atoms with Gasteiger partial charge in [-0.3, -0.25) is 9.67 Å². The van der Waals surface area contributed by atoms with Crippen LogP contribution < -0.4 is 5.32 Å². The first-order chi connectivity index (χ1) is 9.81. The largest absolute Gasteiger partial charge is 0.357 e. The standard InChI is InChI=1S/C15H25N5.HI/c1-2-16-14(17-9-12-20-10-4-8-18-20)19-11-7-15(13-19)5-3-6-15;/h4,8,10H,2-3,5-7,9,11-13H2,1H3,(H,16,17);1H. The summed E-state index contributed by atoms with van der Waals surface area (Å²) in [5.41, 5.74) is 0.623. The third-order valence-corrected chi connectivity index (χ3v) is 4.64. The van der Waals surface area contributed by atoms with Crippen LogP contribution in [-0.2, 0) is 6.54 Å². The molecule has 0 atom stereocenters. The summed E-state index contributed by atoms with van der Waals surface area (Å²) in [5, 5.41) is 7.65. The van der Waals surface area contributed by atoms with Crippen molar-refractivity contribution in [3.8, 4) is 0 Å². The van der Waals surface area contributed by atoms with Gasteiger partial charge in [0.1, 0.15) is 0 Å². The maximum absolute atomic E-state index is 4.76. The number of nitrogens with one attached hydrogen (secondary N) is 1. The van der Waals surface area contributed by atoms with Crippen LogP contribution in [-0.4, -0.2) is 46.8 Å². The molecule has 0 radical (unpaired) electrons. The van der Waals surface area contributed by atoms with E-state index in [-0.39, 0.29) is 24.0 Å². The Bertz CT molecular complexity index is 453. The van der Waals surface area contributed by atoms with Gasteiger partial charge in [0.2, 0.25) is 0 Å². The van der Waals surface area contributed by atoms with Crippen LogP contribution in [0.4, 0.5) is 0 Å². The highest BCUT2D eigenvalue weighted by atomic mass is 127. The number of rotatable bonds is 4. The Balaban J connectivity index is 0.00000161. The molecule has 0 unspecified atom stereocenters. The van der Waals surface area contributed by atoms with Crippen LogP contribution in [0, 0.1) is 5.41 Å². The van der Waals surface area contributed by atoms with Gasteiger partial charge in [-0.05, 0) is 37.7 Å². The Labute approximate surface area is 144 Å². The van der Waals surface area contributed by atoms with E-state index in [0.717, 1.165) is 32.1 Å². The molecule has 3 rings (SSSR count). The van der Waals surface area contributed by atoms with Gasteiger partial charge in [-0.25, -0.2) is 0 Å². The lowest BCUT2D eigenvalue weighted by atomic mass is 9.68. The third-order valence-electron chi connectivity index (χ3n) is 4.64. The summed E-state index contributed by atoms with van der Waals surface area (Å²) >= 11 is 0. The first kappa shape index (κ1) is 16.6.